The Bertz CT molecular complexity index is 1180. The van der Waals surface area contributed by atoms with Crippen LogP contribution in [0.5, 0.6) is 5.88 Å². The lowest BCUT2D eigenvalue weighted by atomic mass is 9.73. The Balaban J connectivity index is 1.43. The van der Waals surface area contributed by atoms with E-state index in [0.717, 1.165) is 42.9 Å². The molecule has 3 aromatic heterocycles. The highest BCUT2D eigenvalue weighted by Crippen LogP contribution is 2.39. The number of hydrogen-bond donors (Lipinski definition) is 4. The Morgan fingerprint density at radius 1 is 1.19 bits per heavy atom. The van der Waals surface area contributed by atoms with Gasteiger partial charge >= 0.3 is 0 Å². The number of fused-ring (bicyclic) bond motifs is 2. The topological polar surface area (TPSA) is 121 Å². The molecule has 5 rings (SSSR count). The summed E-state index contributed by atoms with van der Waals surface area (Å²) < 4.78 is 5.08. The van der Waals surface area contributed by atoms with Crippen LogP contribution in [0.15, 0.2) is 42.6 Å². The summed E-state index contributed by atoms with van der Waals surface area (Å²) in [6.07, 6.45) is 3.56. The molecule has 1 fully saturated rings. The van der Waals surface area contributed by atoms with Crippen LogP contribution in [-0.4, -0.2) is 53.5 Å². The number of carbonyl (C=O) groups is 2. The van der Waals surface area contributed by atoms with E-state index in [4.69, 9.17) is 4.74 Å². The van der Waals surface area contributed by atoms with Crippen molar-refractivity contribution in [2.45, 2.75) is 18.3 Å². The van der Waals surface area contributed by atoms with Gasteiger partial charge in [-0.1, -0.05) is 6.07 Å². The Morgan fingerprint density at radius 2 is 2.03 bits per heavy atom. The molecule has 0 saturated carbocycles. The largest absolute Gasteiger partial charge is 0.481 e. The summed E-state index contributed by atoms with van der Waals surface area (Å²) in [6, 6.07) is 10.5. The molecular formula is C23H24N6O3. The molecule has 2 aliphatic rings. The lowest BCUT2D eigenvalue weighted by Gasteiger charge is -2.40. The third-order valence-corrected chi connectivity index (χ3v) is 6.22. The number of ether oxygens (including phenoxy) is 1. The molecule has 1 saturated heterocycles. The lowest BCUT2D eigenvalue weighted by molar-refractivity contribution is 0.0913. The molecule has 32 heavy (non-hydrogen) atoms. The van der Waals surface area contributed by atoms with Gasteiger partial charge in [-0.3, -0.25) is 9.59 Å². The molecule has 9 nitrogen and oxygen atoms in total. The van der Waals surface area contributed by atoms with Gasteiger partial charge in [0, 0.05) is 41.2 Å². The van der Waals surface area contributed by atoms with Crippen molar-refractivity contribution in [3.05, 3.63) is 59.5 Å². The van der Waals surface area contributed by atoms with Crippen molar-refractivity contribution < 1.29 is 14.3 Å². The van der Waals surface area contributed by atoms with Crippen LogP contribution < -0.4 is 20.7 Å². The van der Waals surface area contributed by atoms with Gasteiger partial charge in [0.2, 0.25) is 5.88 Å². The minimum absolute atomic E-state index is 0.0571. The number of methoxy groups -OCH3 is 1. The maximum Gasteiger partial charge on any atom is 0.275 e. The molecular weight excluding hydrogens is 408 g/mol. The number of rotatable bonds is 4. The maximum absolute atomic E-state index is 12.6. The summed E-state index contributed by atoms with van der Waals surface area (Å²) in [5, 5.41) is 9.23. The van der Waals surface area contributed by atoms with Gasteiger partial charge in [-0.2, -0.15) is 0 Å². The van der Waals surface area contributed by atoms with Crippen LogP contribution in [-0.2, 0) is 5.41 Å². The van der Waals surface area contributed by atoms with Gasteiger partial charge in [0.1, 0.15) is 11.5 Å². The SMILES string of the molecule is COc1cccc(C(=O)Nc2cc(-c3cc4c([nH]3)C3(CCNCC3)CNC4=O)ccn2)n1. The van der Waals surface area contributed by atoms with Crippen molar-refractivity contribution in [1.82, 2.24) is 25.6 Å². The summed E-state index contributed by atoms with van der Waals surface area (Å²) in [7, 11) is 1.50. The van der Waals surface area contributed by atoms with Crippen molar-refractivity contribution in [2.75, 3.05) is 32.1 Å². The Kier molecular flexibility index (Phi) is 5.10. The van der Waals surface area contributed by atoms with Crippen LogP contribution in [0.1, 0.15) is 39.4 Å². The summed E-state index contributed by atoms with van der Waals surface area (Å²) >= 11 is 0. The van der Waals surface area contributed by atoms with Gasteiger partial charge in [0.15, 0.2) is 0 Å². The van der Waals surface area contributed by atoms with E-state index in [2.05, 4.69) is 30.9 Å². The highest BCUT2D eigenvalue weighted by molar-refractivity contribution is 6.02. The van der Waals surface area contributed by atoms with Crippen LogP contribution in [0, 0.1) is 0 Å². The number of hydrogen-bond acceptors (Lipinski definition) is 6. The van der Waals surface area contributed by atoms with Gasteiger partial charge < -0.3 is 25.7 Å². The molecule has 2 amide bonds. The minimum atomic E-state index is -0.382. The van der Waals surface area contributed by atoms with E-state index in [1.165, 1.54) is 7.11 Å². The van der Waals surface area contributed by atoms with Crippen LogP contribution >= 0.6 is 0 Å². The summed E-state index contributed by atoms with van der Waals surface area (Å²) in [6.45, 7) is 2.49. The number of nitrogens with zero attached hydrogens (tertiary/aromatic N) is 2. The molecule has 0 radical (unpaired) electrons. The predicted molar refractivity (Wildman–Crippen MR) is 119 cm³/mol. The van der Waals surface area contributed by atoms with Gasteiger partial charge in [0.05, 0.1) is 12.7 Å². The van der Waals surface area contributed by atoms with E-state index in [9.17, 15) is 9.59 Å². The number of anilines is 1. The third-order valence-electron chi connectivity index (χ3n) is 6.22. The van der Waals surface area contributed by atoms with Crippen molar-refractivity contribution in [3.8, 4) is 17.1 Å². The Hall–Kier alpha value is -3.72. The number of aromatic amines is 1. The fourth-order valence-corrected chi connectivity index (χ4v) is 4.47. The molecule has 1 spiro atoms. The fraction of sp³-hybridized carbons (Fsp3) is 0.304. The quantitative estimate of drug-likeness (QED) is 0.501. The van der Waals surface area contributed by atoms with E-state index >= 15 is 0 Å². The van der Waals surface area contributed by atoms with Crippen LogP contribution in [0.4, 0.5) is 5.82 Å². The summed E-state index contributed by atoms with van der Waals surface area (Å²) in [4.78, 5) is 37.1. The molecule has 0 atom stereocenters. The molecule has 5 heterocycles. The third kappa shape index (κ3) is 3.60. The summed E-state index contributed by atoms with van der Waals surface area (Å²) in [5.41, 5.74) is 3.50. The number of aromatic nitrogens is 3. The first kappa shape index (κ1) is 20.2. The fourth-order valence-electron chi connectivity index (χ4n) is 4.47. The summed E-state index contributed by atoms with van der Waals surface area (Å²) in [5.74, 6) is 0.317. The van der Waals surface area contributed by atoms with Gasteiger partial charge in [0.25, 0.3) is 11.8 Å². The normalized spacial score (nSPS) is 16.8. The van der Waals surface area contributed by atoms with E-state index in [1.54, 1.807) is 30.5 Å². The van der Waals surface area contributed by atoms with Gasteiger partial charge in [-0.25, -0.2) is 9.97 Å². The number of nitrogens with one attached hydrogen (secondary N) is 4. The highest BCUT2D eigenvalue weighted by Gasteiger charge is 2.42. The number of amides is 2. The first-order valence-electron chi connectivity index (χ1n) is 10.6. The standard InChI is InChI=1S/C23H24N6O3/c1-32-19-4-2-3-16(27-19)22(31)29-18-11-14(5-8-25-18)17-12-15-20(28-17)23(13-26-21(15)30)6-9-24-10-7-23/h2-5,8,11-12,24,28H,6-7,9-10,13H2,1H3,(H,26,30)(H,25,29,31). The monoisotopic (exact) mass is 432 g/mol. The van der Waals surface area contributed by atoms with Crippen LogP contribution in [0.25, 0.3) is 11.3 Å². The molecule has 9 heteroatoms. The first-order chi connectivity index (χ1) is 15.6. The highest BCUT2D eigenvalue weighted by atomic mass is 16.5. The van der Waals surface area contributed by atoms with E-state index in [-0.39, 0.29) is 22.9 Å². The number of H-pyrrole nitrogens is 1. The molecule has 0 bridgehead atoms. The molecule has 0 aliphatic carbocycles. The second-order valence-electron chi connectivity index (χ2n) is 8.13. The zero-order valence-electron chi connectivity index (χ0n) is 17.7. The number of carbonyl (C=O) groups excluding carboxylic acids is 2. The molecule has 4 N–H and O–H groups in total. The van der Waals surface area contributed by atoms with Crippen LogP contribution in [0.2, 0.25) is 0 Å². The zero-order valence-corrected chi connectivity index (χ0v) is 17.7. The maximum atomic E-state index is 12.6. The van der Waals surface area contributed by atoms with Gasteiger partial charge in [-0.05, 0) is 50.2 Å². The van der Waals surface area contributed by atoms with Crippen LogP contribution in [0.3, 0.4) is 0 Å². The van der Waals surface area contributed by atoms with E-state index < -0.39 is 0 Å². The molecule has 2 aliphatic heterocycles. The predicted octanol–water partition coefficient (Wildman–Crippen LogP) is 2.10. The molecule has 0 unspecified atom stereocenters. The average Bonchev–Trinajstić information content (AvgIpc) is 3.30. The van der Waals surface area contributed by atoms with E-state index in [0.29, 0.717) is 23.8 Å². The smallest absolute Gasteiger partial charge is 0.275 e. The number of piperidine rings is 1. The average molecular weight is 432 g/mol. The van der Waals surface area contributed by atoms with Gasteiger partial charge in [-0.15, -0.1) is 0 Å². The lowest BCUT2D eigenvalue weighted by Crippen LogP contribution is -2.51. The zero-order chi connectivity index (χ0) is 22.1. The second-order valence-corrected chi connectivity index (χ2v) is 8.13. The molecule has 164 valence electrons. The minimum Gasteiger partial charge on any atom is -0.481 e. The molecule has 3 aromatic rings. The second kappa shape index (κ2) is 8.08. The first-order valence-corrected chi connectivity index (χ1v) is 10.6. The van der Waals surface area contributed by atoms with Crippen molar-refractivity contribution in [1.29, 1.82) is 0 Å². The van der Waals surface area contributed by atoms with E-state index in [1.807, 2.05) is 12.1 Å². The van der Waals surface area contributed by atoms with Crippen molar-refractivity contribution >= 4 is 17.6 Å². The van der Waals surface area contributed by atoms with Crippen molar-refractivity contribution in [2.24, 2.45) is 0 Å². The Morgan fingerprint density at radius 3 is 2.84 bits per heavy atom. The van der Waals surface area contributed by atoms with Crippen molar-refractivity contribution in [3.63, 3.8) is 0 Å². The Labute approximate surface area is 185 Å². The number of pyridine rings is 2. The molecule has 0 aromatic carbocycles.